The van der Waals surface area contributed by atoms with Gasteiger partial charge >= 0.3 is 12.2 Å². The van der Waals surface area contributed by atoms with Crippen molar-refractivity contribution < 1.29 is 52.4 Å². The van der Waals surface area contributed by atoms with E-state index in [1.54, 1.807) is 62.1 Å². The number of amides is 5. The third kappa shape index (κ3) is 15.1. The van der Waals surface area contributed by atoms with E-state index in [0.29, 0.717) is 42.4 Å². The van der Waals surface area contributed by atoms with Crippen molar-refractivity contribution in [3.8, 4) is 51.2 Å². The van der Waals surface area contributed by atoms with Gasteiger partial charge in [0.2, 0.25) is 11.8 Å². The van der Waals surface area contributed by atoms with Gasteiger partial charge in [-0.25, -0.2) is 19.6 Å². The fourth-order valence-corrected chi connectivity index (χ4v) is 13.5. The van der Waals surface area contributed by atoms with Crippen LogP contribution < -0.4 is 40.8 Å². The van der Waals surface area contributed by atoms with Crippen LogP contribution in [0.25, 0.3) is 56.0 Å². The van der Waals surface area contributed by atoms with Crippen LogP contribution in [-0.2, 0) is 30.4 Å². The number of carbonyl (C=O) groups is 5. The third-order valence-corrected chi connectivity index (χ3v) is 19.0. The summed E-state index contributed by atoms with van der Waals surface area (Å²) < 4.78 is 35.6. The van der Waals surface area contributed by atoms with E-state index >= 15 is 0 Å². The van der Waals surface area contributed by atoms with Crippen LogP contribution in [0.1, 0.15) is 79.4 Å². The Morgan fingerprint density at radius 3 is 2.05 bits per heavy atom. The number of nitrogen functional groups attached to an aromatic ring is 1. The van der Waals surface area contributed by atoms with Gasteiger partial charge < -0.3 is 74.8 Å². The number of unbranched alkanes of at least 4 members (excludes halogenated alkanes) is 2. The minimum atomic E-state index is -0.976. The van der Waals surface area contributed by atoms with E-state index in [9.17, 15) is 24.0 Å². The molecule has 5 amide bonds. The Morgan fingerprint density at radius 2 is 1.35 bits per heavy atom. The van der Waals surface area contributed by atoms with Gasteiger partial charge in [0.15, 0.2) is 17.7 Å². The standard InChI is InChI=1S/C77H84N12O11/c1-46(2)69(85-76(93)99-45-60-57-16-10-8-14-55(57)56-15-9-11-17-58(56)60)73(91)79-48(4)72(90)80-52-23-18-49(19-24-52)44-100-77(94)88-34-37-98-75(88)66-38-47(3)43-89(66)74(92)59-41-67(95-6)68(42-61(59)78)97-36-13-7-12-35-96-54-26-20-50(21-27-54)70-81-62-28-22-51(39-64(62)83-70)71-82-63-29-25-53(40-65(63)84-71)87-32-30-86(5)31-33-87/h8-11,14-29,39-42,46,48,60,66,69,75H,3,7,12-13,30-38,43-45,78H2,1-2,4-6H3,(H,79,91)(H,80,90)(H,81,83)(H,82,84)(H,85,93)/t48-,66-,69-,75?/m0/s1. The number of nitrogens with one attached hydrogen (secondary N) is 5. The van der Waals surface area contributed by atoms with Crippen LogP contribution in [0.15, 0.2) is 158 Å². The molecule has 7 aromatic carbocycles. The first-order valence-corrected chi connectivity index (χ1v) is 34.1. The van der Waals surface area contributed by atoms with Crippen molar-refractivity contribution in [2.24, 2.45) is 5.92 Å². The second-order valence-electron chi connectivity index (χ2n) is 26.3. The lowest BCUT2D eigenvalue weighted by atomic mass is 9.98. The van der Waals surface area contributed by atoms with Gasteiger partial charge in [-0.2, -0.15) is 0 Å². The van der Waals surface area contributed by atoms with Gasteiger partial charge in [0.05, 0.1) is 67.1 Å². The summed E-state index contributed by atoms with van der Waals surface area (Å²) in [6.45, 7) is 15.0. The number of alkyl carbamates (subject to hydrolysis) is 1. The molecule has 0 bridgehead atoms. The number of methoxy groups -OCH3 is 1. The molecule has 0 spiro atoms. The Hall–Kier alpha value is -10.9. The Balaban J connectivity index is 0.532. The number of piperazine rings is 1. The zero-order valence-corrected chi connectivity index (χ0v) is 56.9. The molecule has 518 valence electrons. The Bertz CT molecular complexity index is 4440. The normalized spacial score (nSPS) is 16.7. The van der Waals surface area contributed by atoms with Crippen molar-refractivity contribution in [1.82, 2.24) is 45.3 Å². The molecule has 1 aliphatic carbocycles. The summed E-state index contributed by atoms with van der Waals surface area (Å²) >= 11 is 0. The molecule has 9 aromatic rings. The molecule has 3 fully saturated rings. The molecular weight excluding hydrogens is 1270 g/mol. The van der Waals surface area contributed by atoms with E-state index in [4.69, 9.17) is 44.1 Å². The fourth-order valence-electron chi connectivity index (χ4n) is 13.5. The smallest absolute Gasteiger partial charge is 0.412 e. The van der Waals surface area contributed by atoms with E-state index in [1.165, 1.54) is 17.7 Å². The van der Waals surface area contributed by atoms with E-state index in [1.807, 2.05) is 66.7 Å². The van der Waals surface area contributed by atoms with Gasteiger partial charge in [0.25, 0.3) is 5.91 Å². The highest BCUT2D eigenvalue weighted by Gasteiger charge is 2.45. The molecule has 1 unspecified atom stereocenters. The van der Waals surface area contributed by atoms with Crippen LogP contribution in [0.3, 0.4) is 0 Å². The van der Waals surface area contributed by atoms with Crippen LogP contribution in [0, 0.1) is 5.92 Å². The molecule has 100 heavy (non-hydrogen) atoms. The van der Waals surface area contributed by atoms with Gasteiger partial charge in [-0.1, -0.05) is 86.7 Å². The highest BCUT2D eigenvalue weighted by atomic mass is 16.6. The number of ether oxygens (including phenoxy) is 6. The van der Waals surface area contributed by atoms with Gasteiger partial charge in [-0.05, 0) is 152 Å². The molecule has 0 radical (unpaired) electrons. The number of benzene rings is 7. The number of hydrogen-bond donors (Lipinski definition) is 6. The number of carbonyl (C=O) groups excluding carboxylic acids is 5. The minimum absolute atomic E-state index is 0.0878. The van der Waals surface area contributed by atoms with Crippen LogP contribution in [0.4, 0.5) is 26.7 Å². The van der Waals surface area contributed by atoms with E-state index in [-0.39, 0.29) is 61.9 Å². The summed E-state index contributed by atoms with van der Waals surface area (Å²) in [4.78, 5) is 92.9. The van der Waals surface area contributed by atoms with Crippen LogP contribution >= 0.6 is 0 Å². The summed E-state index contributed by atoms with van der Waals surface area (Å²) in [5.41, 5.74) is 20.1. The maximum Gasteiger partial charge on any atom is 0.412 e. The number of hydrogen-bond acceptors (Lipinski definition) is 16. The molecule has 23 nitrogen and oxygen atoms in total. The van der Waals surface area contributed by atoms with Crippen molar-refractivity contribution >= 4 is 69.0 Å². The van der Waals surface area contributed by atoms with E-state index in [0.717, 1.165) is 124 Å². The number of aromatic amines is 2. The topological polar surface area (TPSA) is 273 Å². The number of imidazole rings is 2. The first-order valence-electron chi connectivity index (χ1n) is 34.1. The molecule has 3 saturated heterocycles. The third-order valence-electron chi connectivity index (χ3n) is 19.0. The maximum absolute atomic E-state index is 14.5. The summed E-state index contributed by atoms with van der Waals surface area (Å²) in [6.07, 6.45) is 0.563. The molecular formula is C77H84N12O11. The van der Waals surface area contributed by atoms with Crippen molar-refractivity contribution in [3.63, 3.8) is 0 Å². The molecule has 7 N–H and O–H groups in total. The molecule has 3 aliphatic heterocycles. The van der Waals surface area contributed by atoms with Gasteiger partial charge in [0.1, 0.15) is 42.7 Å². The molecule has 5 heterocycles. The highest BCUT2D eigenvalue weighted by Crippen LogP contribution is 2.45. The lowest BCUT2D eigenvalue weighted by Crippen LogP contribution is -2.53. The number of likely N-dealkylation sites (N-methyl/N-ethyl adjacent to an activating group) is 1. The minimum Gasteiger partial charge on any atom is -0.494 e. The van der Waals surface area contributed by atoms with Gasteiger partial charge in [-0.3, -0.25) is 19.3 Å². The zero-order chi connectivity index (χ0) is 69.6. The summed E-state index contributed by atoms with van der Waals surface area (Å²) in [5, 5.41) is 8.23. The molecule has 4 aliphatic rings. The van der Waals surface area contributed by atoms with E-state index in [2.05, 4.69) is 91.8 Å². The predicted molar refractivity (Wildman–Crippen MR) is 383 cm³/mol. The fraction of sp³-hybridized carbons (Fsp3) is 0.338. The lowest BCUT2D eigenvalue weighted by Gasteiger charge is -2.34. The Labute approximate surface area is 580 Å². The first kappa shape index (κ1) is 67.6. The first-order chi connectivity index (χ1) is 48.5. The van der Waals surface area contributed by atoms with Crippen molar-refractivity contribution in [2.75, 3.05) is 95.8 Å². The second-order valence-corrected chi connectivity index (χ2v) is 26.3. The number of nitrogens with zero attached hydrogens (tertiary/aromatic N) is 6. The number of anilines is 3. The van der Waals surface area contributed by atoms with Crippen molar-refractivity contribution in [1.29, 1.82) is 0 Å². The molecule has 4 atom stereocenters. The zero-order valence-electron chi connectivity index (χ0n) is 56.9. The molecule has 0 saturated carbocycles. The molecule has 13 rings (SSSR count). The summed E-state index contributed by atoms with van der Waals surface area (Å²) in [7, 11) is 3.67. The van der Waals surface area contributed by atoms with Crippen LogP contribution in [0.5, 0.6) is 17.2 Å². The number of rotatable bonds is 24. The van der Waals surface area contributed by atoms with Crippen molar-refractivity contribution in [3.05, 3.63) is 180 Å². The molecule has 2 aromatic heterocycles. The molecule has 23 heteroatoms. The largest absolute Gasteiger partial charge is 0.494 e. The number of likely N-dealkylation sites (tertiary alicyclic amines) is 1. The predicted octanol–water partition coefficient (Wildman–Crippen LogP) is 11.5. The van der Waals surface area contributed by atoms with Gasteiger partial charge in [0, 0.05) is 72.9 Å². The SMILES string of the molecule is C=C1C[C@@H](C2OCCN2C(=O)OCc2ccc(NC(=O)[C@H](C)NC(=O)[C@@H](NC(=O)OCC3c4ccccc4-c4ccccc43)C(C)C)cc2)N(C(=O)c2cc(OC)c(OCCCCCOc3ccc(-c4nc5ccc(-c6nc7ccc(N8CCN(C)CC8)cc7[nH]6)cc5[nH]4)cc3)cc2N)C1. The number of nitrogens with two attached hydrogens (primary N) is 1. The Morgan fingerprint density at radius 1 is 0.690 bits per heavy atom. The lowest BCUT2D eigenvalue weighted by molar-refractivity contribution is -0.128. The van der Waals surface area contributed by atoms with Crippen LogP contribution in [0.2, 0.25) is 0 Å². The summed E-state index contributed by atoms with van der Waals surface area (Å²) in [5.74, 6) is 1.22. The quantitative estimate of drug-likeness (QED) is 0.0186. The number of H-pyrrole nitrogens is 2. The average molecular weight is 1350 g/mol. The van der Waals surface area contributed by atoms with Crippen molar-refractivity contribution in [2.45, 2.75) is 83.3 Å². The van der Waals surface area contributed by atoms with Crippen LogP contribution in [-0.4, -0.2) is 169 Å². The number of aromatic nitrogens is 4. The monoisotopic (exact) mass is 1350 g/mol. The van der Waals surface area contributed by atoms with Gasteiger partial charge in [-0.15, -0.1) is 0 Å². The van der Waals surface area contributed by atoms with E-state index < -0.39 is 48.4 Å². The maximum atomic E-state index is 14.5. The Kier molecular flexibility index (Phi) is 20.3. The summed E-state index contributed by atoms with van der Waals surface area (Å²) in [6, 6.07) is 44.0. The number of fused-ring (bicyclic) bond motifs is 5. The second kappa shape index (κ2) is 30.1. The highest BCUT2D eigenvalue weighted by molar-refractivity contribution is 6.01. The average Bonchev–Trinajstić information content (AvgIpc) is 1.63.